The van der Waals surface area contributed by atoms with E-state index in [-0.39, 0.29) is 18.6 Å². The Balaban J connectivity index is 2.39. The van der Waals surface area contributed by atoms with Gasteiger partial charge in [-0.2, -0.15) is 0 Å². The maximum atomic E-state index is 11.7. The standard InChI is InChI=1S/C15H21NO3/c1-4-11(2)12(3)16-15(18)10-19-14-7-5-13(9-17)6-8-14/h5-9,11-12H,4,10H2,1-3H3,(H,16,18). The lowest BCUT2D eigenvalue weighted by Crippen LogP contribution is -2.39. The van der Waals surface area contributed by atoms with Gasteiger partial charge in [0.05, 0.1) is 0 Å². The number of nitrogens with one attached hydrogen (secondary N) is 1. The molecule has 4 nitrogen and oxygen atoms in total. The van der Waals surface area contributed by atoms with Gasteiger partial charge in [0.1, 0.15) is 12.0 Å². The van der Waals surface area contributed by atoms with Crippen LogP contribution in [0.4, 0.5) is 0 Å². The molecule has 0 radical (unpaired) electrons. The minimum Gasteiger partial charge on any atom is -0.484 e. The molecule has 104 valence electrons. The zero-order valence-electron chi connectivity index (χ0n) is 11.7. The average molecular weight is 263 g/mol. The van der Waals surface area contributed by atoms with Gasteiger partial charge in [-0.15, -0.1) is 0 Å². The van der Waals surface area contributed by atoms with Crippen molar-refractivity contribution in [2.45, 2.75) is 33.2 Å². The quantitative estimate of drug-likeness (QED) is 0.769. The molecule has 0 bridgehead atoms. The van der Waals surface area contributed by atoms with E-state index in [0.29, 0.717) is 17.2 Å². The lowest BCUT2D eigenvalue weighted by atomic mass is 10.0. The van der Waals surface area contributed by atoms with E-state index in [4.69, 9.17) is 4.74 Å². The van der Waals surface area contributed by atoms with Crippen LogP contribution < -0.4 is 10.1 Å². The molecule has 1 rings (SSSR count). The predicted molar refractivity (Wildman–Crippen MR) is 74.4 cm³/mol. The molecule has 0 spiro atoms. The van der Waals surface area contributed by atoms with E-state index in [1.54, 1.807) is 24.3 Å². The van der Waals surface area contributed by atoms with Gasteiger partial charge in [-0.25, -0.2) is 0 Å². The summed E-state index contributed by atoms with van der Waals surface area (Å²) in [7, 11) is 0. The minimum absolute atomic E-state index is 0.0127. The van der Waals surface area contributed by atoms with Gasteiger partial charge < -0.3 is 10.1 Å². The summed E-state index contributed by atoms with van der Waals surface area (Å²) in [5.74, 6) is 0.889. The monoisotopic (exact) mass is 263 g/mol. The fourth-order valence-electron chi connectivity index (χ4n) is 1.58. The van der Waals surface area contributed by atoms with Crippen molar-refractivity contribution in [2.75, 3.05) is 6.61 Å². The number of benzene rings is 1. The van der Waals surface area contributed by atoms with Gasteiger partial charge in [0.25, 0.3) is 5.91 Å². The first kappa shape index (κ1) is 15.2. The van der Waals surface area contributed by atoms with E-state index < -0.39 is 0 Å². The van der Waals surface area contributed by atoms with Crippen LogP contribution in [0.25, 0.3) is 0 Å². The van der Waals surface area contributed by atoms with Crippen molar-refractivity contribution < 1.29 is 14.3 Å². The van der Waals surface area contributed by atoms with Crippen LogP contribution in [0.5, 0.6) is 5.75 Å². The Kier molecular flexibility index (Phi) is 6.06. The molecule has 1 N–H and O–H groups in total. The van der Waals surface area contributed by atoms with Crippen LogP contribution in [0.15, 0.2) is 24.3 Å². The third-order valence-electron chi connectivity index (χ3n) is 3.27. The summed E-state index contributed by atoms with van der Waals surface area (Å²) in [6.45, 7) is 6.18. The summed E-state index contributed by atoms with van der Waals surface area (Å²) < 4.78 is 5.35. The molecule has 0 aliphatic carbocycles. The van der Waals surface area contributed by atoms with E-state index >= 15 is 0 Å². The van der Waals surface area contributed by atoms with Crippen molar-refractivity contribution in [3.05, 3.63) is 29.8 Å². The number of hydrogen-bond acceptors (Lipinski definition) is 3. The Hall–Kier alpha value is -1.84. The molecule has 0 fully saturated rings. The van der Waals surface area contributed by atoms with E-state index in [1.807, 2.05) is 6.92 Å². The molecule has 0 saturated carbocycles. The van der Waals surface area contributed by atoms with E-state index in [2.05, 4.69) is 19.2 Å². The SMILES string of the molecule is CCC(C)C(C)NC(=O)COc1ccc(C=O)cc1. The zero-order chi connectivity index (χ0) is 14.3. The first-order chi connectivity index (χ1) is 9.06. The van der Waals surface area contributed by atoms with Gasteiger partial charge in [-0.3, -0.25) is 9.59 Å². The first-order valence-corrected chi connectivity index (χ1v) is 6.54. The predicted octanol–water partition coefficient (Wildman–Crippen LogP) is 2.43. The lowest BCUT2D eigenvalue weighted by molar-refractivity contribution is -0.124. The summed E-state index contributed by atoms with van der Waals surface area (Å²) in [6.07, 6.45) is 1.79. The Bertz CT molecular complexity index is 414. The molecule has 1 aromatic carbocycles. The van der Waals surface area contributed by atoms with Crippen molar-refractivity contribution in [3.63, 3.8) is 0 Å². The highest BCUT2D eigenvalue weighted by Gasteiger charge is 2.13. The molecule has 0 aliphatic rings. The van der Waals surface area contributed by atoms with Gasteiger partial charge >= 0.3 is 0 Å². The van der Waals surface area contributed by atoms with Gasteiger partial charge in [0.15, 0.2) is 6.61 Å². The molecule has 1 aromatic rings. The fraction of sp³-hybridized carbons (Fsp3) is 0.467. The fourth-order valence-corrected chi connectivity index (χ4v) is 1.58. The Morgan fingerprint density at radius 3 is 2.47 bits per heavy atom. The Morgan fingerprint density at radius 1 is 1.32 bits per heavy atom. The summed E-state index contributed by atoms with van der Waals surface area (Å²) >= 11 is 0. The van der Waals surface area contributed by atoms with Crippen LogP contribution in [0.1, 0.15) is 37.6 Å². The number of carbonyl (C=O) groups is 2. The normalized spacial score (nSPS) is 13.4. The van der Waals surface area contributed by atoms with Gasteiger partial charge in [0, 0.05) is 11.6 Å². The van der Waals surface area contributed by atoms with E-state index in [0.717, 1.165) is 12.7 Å². The molecule has 0 aromatic heterocycles. The second-order valence-electron chi connectivity index (χ2n) is 4.72. The Labute approximate surface area is 114 Å². The average Bonchev–Trinajstić information content (AvgIpc) is 2.44. The van der Waals surface area contributed by atoms with Crippen molar-refractivity contribution in [1.29, 1.82) is 0 Å². The molecule has 0 heterocycles. The molecule has 0 aliphatic heterocycles. The molecule has 0 saturated heterocycles. The highest BCUT2D eigenvalue weighted by molar-refractivity contribution is 5.78. The van der Waals surface area contributed by atoms with Crippen LogP contribution >= 0.6 is 0 Å². The second-order valence-corrected chi connectivity index (χ2v) is 4.72. The number of carbonyl (C=O) groups excluding carboxylic acids is 2. The third-order valence-corrected chi connectivity index (χ3v) is 3.27. The molecular formula is C15H21NO3. The third kappa shape index (κ3) is 5.12. The first-order valence-electron chi connectivity index (χ1n) is 6.54. The lowest BCUT2D eigenvalue weighted by Gasteiger charge is -2.19. The summed E-state index contributed by atoms with van der Waals surface area (Å²) in [5, 5.41) is 2.90. The largest absolute Gasteiger partial charge is 0.484 e. The molecular weight excluding hydrogens is 242 g/mol. The van der Waals surface area contributed by atoms with E-state index in [9.17, 15) is 9.59 Å². The molecule has 2 atom stereocenters. The van der Waals surface area contributed by atoms with Crippen LogP contribution in [0.3, 0.4) is 0 Å². The van der Waals surface area contributed by atoms with E-state index in [1.165, 1.54) is 0 Å². The van der Waals surface area contributed by atoms with Crippen molar-refractivity contribution in [1.82, 2.24) is 5.32 Å². The van der Waals surface area contributed by atoms with Gasteiger partial charge in [-0.05, 0) is 37.1 Å². The van der Waals surface area contributed by atoms with Crippen LogP contribution in [0, 0.1) is 5.92 Å². The Morgan fingerprint density at radius 2 is 1.95 bits per heavy atom. The number of amides is 1. The van der Waals surface area contributed by atoms with Gasteiger partial charge in [-0.1, -0.05) is 20.3 Å². The maximum Gasteiger partial charge on any atom is 0.258 e. The van der Waals surface area contributed by atoms with Crippen LogP contribution in [-0.2, 0) is 4.79 Å². The number of rotatable bonds is 7. The van der Waals surface area contributed by atoms with Crippen molar-refractivity contribution >= 4 is 12.2 Å². The molecule has 2 unspecified atom stereocenters. The molecule has 19 heavy (non-hydrogen) atoms. The molecule has 4 heteroatoms. The number of aldehydes is 1. The van der Waals surface area contributed by atoms with Crippen LogP contribution in [-0.4, -0.2) is 24.8 Å². The number of hydrogen-bond donors (Lipinski definition) is 1. The molecule has 1 amide bonds. The topological polar surface area (TPSA) is 55.4 Å². The zero-order valence-corrected chi connectivity index (χ0v) is 11.7. The maximum absolute atomic E-state index is 11.7. The number of ether oxygens (including phenoxy) is 1. The smallest absolute Gasteiger partial charge is 0.258 e. The van der Waals surface area contributed by atoms with Crippen LogP contribution in [0.2, 0.25) is 0 Å². The summed E-state index contributed by atoms with van der Waals surface area (Å²) in [6, 6.07) is 6.80. The van der Waals surface area contributed by atoms with Crippen molar-refractivity contribution in [3.8, 4) is 5.75 Å². The van der Waals surface area contributed by atoms with Crippen molar-refractivity contribution in [2.24, 2.45) is 5.92 Å². The van der Waals surface area contributed by atoms with Gasteiger partial charge in [0.2, 0.25) is 0 Å². The summed E-state index contributed by atoms with van der Waals surface area (Å²) in [4.78, 5) is 22.2. The minimum atomic E-state index is -0.132. The second kappa shape index (κ2) is 7.56. The highest BCUT2D eigenvalue weighted by Crippen LogP contribution is 2.11. The highest BCUT2D eigenvalue weighted by atomic mass is 16.5. The summed E-state index contributed by atoms with van der Waals surface area (Å²) in [5.41, 5.74) is 0.585.